The van der Waals surface area contributed by atoms with E-state index in [2.05, 4.69) is 5.32 Å². The molecule has 0 amide bonds. The van der Waals surface area contributed by atoms with Crippen LogP contribution in [-0.2, 0) is 14.3 Å². The number of rotatable bonds is 4. The van der Waals surface area contributed by atoms with E-state index in [4.69, 9.17) is 9.47 Å². The van der Waals surface area contributed by atoms with Crippen molar-refractivity contribution in [1.29, 1.82) is 0 Å². The highest BCUT2D eigenvalue weighted by atomic mass is 32.2. The first-order valence-corrected chi connectivity index (χ1v) is 8.45. The van der Waals surface area contributed by atoms with Gasteiger partial charge in [0.05, 0.1) is 12.2 Å². The minimum atomic E-state index is -0.224. The van der Waals surface area contributed by atoms with E-state index in [1.807, 2.05) is 25.6 Å². The van der Waals surface area contributed by atoms with Gasteiger partial charge in [0.2, 0.25) is 0 Å². The fourth-order valence-electron chi connectivity index (χ4n) is 2.95. The summed E-state index contributed by atoms with van der Waals surface area (Å²) in [5, 5.41) is 3.41. The van der Waals surface area contributed by atoms with Gasteiger partial charge >= 0.3 is 5.97 Å². The molecule has 2 rings (SSSR count). The molecule has 0 aromatic carbocycles. The third-order valence-electron chi connectivity index (χ3n) is 4.02. The maximum absolute atomic E-state index is 11.7. The van der Waals surface area contributed by atoms with Crippen LogP contribution in [0.5, 0.6) is 0 Å². The normalized spacial score (nSPS) is 28.0. The van der Waals surface area contributed by atoms with Crippen LogP contribution < -0.4 is 5.32 Å². The first kappa shape index (κ1) is 15.1. The second-order valence-electron chi connectivity index (χ2n) is 5.47. The molecule has 0 bridgehead atoms. The number of thioether (sulfide) groups is 1. The molecule has 5 heteroatoms. The van der Waals surface area contributed by atoms with E-state index in [1.165, 1.54) is 11.5 Å². The molecule has 2 saturated heterocycles. The van der Waals surface area contributed by atoms with Crippen molar-refractivity contribution in [3.63, 3.8) is 0 Å². The Balaban J connectivity index is 1.85. The van der Waals surface area contributed by atoms with E-state index in [0.717, 1.165) is 32.3 Å². The van der Waals surface area contributed by atoms with E-state index < -0.39 is 0 Å². The van der Waals surface area contributed by atoms with Crippen LogP contribution in [0.1, 0.15) is 39.5 Å². The average molecular weight is 287 g/mol. The second-order valence-corrected chi connectivity index (χ2v) is 6.70. The zero-order valence-electron chi connectivity index (χ0n) is 11.9. The van der Waals surface area contributed by atoms with Gasteiger partial charge in [0, 0.05) is 12.6 Å². The largest absolute Gasteiger partial charge is 0.465 e. The van der Waals surface area contributed by atoms with Gasteiger partial charge in [0.25, 0.3) is 0 Å². The summed E-state index contributed by atoms with van der Waals surface area (Å²) < 4.78 is 11.1. The maximum Gasteiger partial charge on any atom is 0.322 e. The molecule has 110 valence electrons. The van der Waals surface area contributed by atoms with Gasteiger partial charge in [-0.25, -0.2) is 0 Å². The standard InChI is InChI=1S/C14H25NO3S/c1-3-17-13(16)11(2)15-12-4-7-18-14(10-12)5-8-19-9-6-14/h11-12,15H,3-10H2,1-2H3. The van der Waals surface area contributed by atoms with Gasteiger partial charge < -0.3 is 14.8 Å². The molecular weight excluding hydrogens is 262 g/mol. The predicted octanol–water partition coefficient (Wildman–Crippen LogP) is 1.97. The molecule has 2 aliphatic heterocycles. The number of carbonyl (C=O) groups is 1. The van der Waals surface area contributed by atoms with Crippen molar-refractivity contribution in [2.45, 2.75) is 57.2 Å². The summed E-state index contributed by atoms with van der Waals surface area (Å²) in [5.74, 6) is 2.24. The van der Waals surface area contributed by atoms with Crippen LogP contribution in [-0.4, -0.2) is 48.4 Å². The fourth-order valence-corrected chi connectivity index (χ4v) is 4.19. The summed E-state index contributed by atoms with van der Waals surface area (Å²) in [7, 11) is 0. The molecule has 2 unspecified atom stereocenters. The number of nitrogens with one attached hydrogen (secondary N) is 1. The summed E-state index contributed by atoms with van der Waals surface area (Å²) in [5.41, 5.74) is 0.0650. The topological polar surface area (TPSA) is 47.6 Å². The van der Waals surface area contributed by atoms with Gasteiger partial charge in [0.1, 0.15) is 6.04 Å². The van der Waals surface area contributed by atoms with Crippen LogP contribution in [0.15, 0.2) is 0 Å². The molecule has 2 aliphatic rings. The van der Waals surface area contributed by atoms with Crippen LogP contribution in [0, 0.1) is 0 Å². The van der Waals surface area contributed by atoms with Crippen molar-refractivity contribution >= 4 is 17.7 Å². The van der Waals surface area contributed by atoms with Gasteiger partial charge in [-0.15, -0.1) is 0 Å². The molecule has 0 aromatic heterocycles. The van der Waals surface area contributed by atoms with E-state index in [1.54, 1.807) is 0 Å². The molecule has 0 aliphatic carbocycles. The summed E-state index contributed by atoms with van der Waals surface area (Å²) in [6.07, 6.45) is 4.29. The first-order valence-electron chi connectivity index (χ1n) is 7.29. The summed E-state index contributed by atoms with van der Waals surface area (Å²) >= 11 is 2.01. The van der Waals surface area contributed by atoms with E-state index in [9.17, 15) is 4.79 Å². The number of ether oxygens (including phenoxy) is 2. The number of esters is 1. The van der Waals surface area contributed by atoms with Crippen molar-refractivity contribution in [2.75, 3.05) is 24.7 Å². The van der Waals surface area contributed by atoms with Gasteiger partial charge in [-0.05, 0) is 51.0 Å². The minimum Gasteiger partial charge on any atom is -0.465 e. The van der Waals surface area contributed by atoms with Crippen LogP contribution in [0.3, 0.4) is 0 Å². The smallest absolute Gasteiger partial charge is 0.322 e. The van der Waals surface area contributed by atoms with Gasteiger partial charge in [-0.2, -0.15) is 11.8 Å². The monoisotopic (exact) mass is 287 g/mol. The lowest BCUT2D eigenvalue weighted by Gasteiger charge is -2.44. The van der Waals surface area contributed by atoms with Crippen LogP contribution >= 0.6 is 11.8 Å². The van der Waals surface area contributed by atoms with Gasteiger partial charge in [0.15, 0.2) is 0 Å². The number of hydrogen-bond donors (Lipinski definition) is 1. The SMILES string of the molecule is CCOC(=O)C(C)NC1CCOC2(CCSCC2)C1. The Morgan fingerprint density at radius 3 is 2.95 bits per heavy atom. The van der Waals surface area contributed by atoms with Crippen LogP contribution in [0.25, 0.3) is 0 Å². The molecule has 1 N–H and O–H groups in total. The Hall–Kier alpha value is -0.260. The van der Waals surface area contributed by atoms with Crippen LogP contribution in [0.4, 0.5) is 0 Å². The van der Waals surface area contributed by atoms with E-state index in [-0.39, 0.29) is 17.6 Å². The molecule has 0 radical (unpaired) electrons. The zero-order chi connectivity index (χ0) is 13.7. The number of carbonyl (C=O) groups excluding carboxylic acids is 1. The molecule has 1 spiro atoms. The summed E-state index contributed by atoms with van der Waals surface area (Å²) in [6.45, 7) is 4.97. The van der Waals surface area contributed by atoms with Crippen molar-refractivity contribution in [3.8, 4) is 0 Å². The van der Waals surface area contributed by atoms with Crippen molar-refractivity contribution in [1.82, 2.24) is 5.32 Å². The summed E-state index contributed by atoms with van der Waals surface area (Å²) in [6, 6.07) is 0.148. The predicted molar refractivity (Wildman–Crippen MR) is 77.5 cm³/mol. The molecule has 19 heavy (non-hydrogen) atoms. The third-order valence-corrected chi connectivity index (χ3v) is 5.01. The Bertz CT molecular complexity index is 300. The molecule has 2 atom stereocenters. The molecule has 2 fully saturated rings. The van der Waals surface area contributed by atoms with Gasteiger partial charge in [-0.3, -0.25) is 4.79 Å². The molecule has 4 nitrogen and oxygen atoms in total. The maximum atomic E-state index is 11.7. The Labute approximate surface area is 120 Å². The lowest BCUT2D eigenvalue weighted by Crippen LogP contribution is -2.52. The van der Waals surface area contributed by atoms with E-state index >= 15 is 0 Å². The van der Waals surface area contributed by atoms with Crippen LogP contribution in [0.2, 0.25) is 0 Å². The molecule has 0 aromatic rings. The quantitative estimate of drug-likeness (QED) is 0.801. The number of hydrogen-bond acceptors (Lipinski definition) is 5. The summed E-state index contributed by atoms with van der Waals surface area (Å²) in [4.78, 5) is 11.7. The Morgan fingerprint density at radius 1 is 1.53 bits per heavy atom. The minimum absolute atomic E-state index is 0.0650. The lowest BCUT2D eigenvalue weighted by molar-refractivity contribution is -0.146. The third kappa shape index (κ3) is 4.10. The van der Waals surface area contributed by atoms with Crippen molar-refractivity contribution < 1.29 is 14.3 Å². The Kier molecular flexibility index (Phi) is 5.54. The van der Waals surface area contributed by atoms with Crippen molar-refractivity contribution in [2.24, 2.45) is 0 Å². The lowest BCUT2D eigenvalue weighted by atomic mass is 9.85. The molecule has 0 saturated carbocycles. The zero-order valence-corrected chi connectivity index (χ0v) is 12.8. The van der Waals surface area contributed by atoms with E-state index in [0.29, 0.717) is 12.6 Å². The van der Waals surface area contributed by atoms with Gasteiger partial charge in [-0.1, -0.05) is 0 Å². The molecule has 2 heterocycles. The first-order chi connectivity index (χ1) is 9.15. The highest BCUT2D eigenvalue weighted by molar-refractivity contribution is 7.99. The highest BCUT2D eigenvalue weighted by Crippen LogP contribution is 2.37. The van der Waals surface area contributed by atoms with Crippen molar-refractivity contribution in [3.05, 3.63) is 0 Å². The fraction of sp³-hybridized carbons (Fsp3) is 0.929. The highest BCUT2D eigenvalue weighted by Gasteiger charge is 2.39. The molecular formula is C14H25NO3S. The average Bonchev–Trinajstić information content (AvgIpc) is 2.40. The second kappa shape index (κ2) is 6.95. The Morgan fingerprint density at radius 2 is 2.26 bits per heavy atom.